The summed E-state index contributed by atoms with van der Waals surface area (Å²) >= 11 is 5.07. The first-order valence-corrected chi connectivity index (χ1v) is 9.10. The van der Waals surface area contributed by atoms with Crippen LogP contribution in [0, 0.1) is 0 Å². The Bertz CT molecular complexity index is 657. The van der Waals surface area contributed by atoms with Gasteiger partial charge in [-0.1, -0.05) is 30.3 Å². The minimum Gasteiger partial charge on any atom is -0.339 e. The van der Waals surface area contributed by atoms with E-state index >= 15 is 0 Å². The van der Waals surface area contributed by atoms with E-state index in [-0.39, 0.29) is 5.91 Å². The van der Waals surface area contributed by atoms with Gasteiger partial charge < -0.3 is 4.90 Å². The lowest BCUT2D eigenvalue weighted by molar-refractivity contribution is -0.126. The fourth-order valence-electron chi connectivity index (χ4n) is 2.84. The van der Waals surface area contributed by atoms with E-state index in [0.29, 0.717) is 5.92 Å². The molecule has 0 saturated carbocycles. The summed E-state index contributed by atoms with van der Waals surface area (Å²) in [5.74, 6) is 0.707. The first kappa shape index (κ1) is 15.5. The molecule has 2 aromatic rings. The van der Waals surface area contributed by atoms with Gasteiger partial charge in [0.25, 0.3) is 0 Å². The predicted octanol–water partition coefficient (Wildman–Crippen LogP) is 4.93. The monoisotopic (exact) mass is 375 g/mol. The number of amides is 1. The predicted molar refractivity (Wildman–Crippen MR) is 96.1 cm³/mol. The fraction of sp³-hybridized carbons (Fsp3) is 0.278. The SMILES string of the molecule is O=C(/C=C/c1ccc(Br)s1)N1CCC(c2ccccc2)CC1. The maximum Gasteiger partial charge on any atom is 0.246 e. The Morgan fingerprint density at radius 2 is 1.86 bits per heavy atom. The Balaban J connectivity index is 1.55. The zero-order valence-corrected chi connectivity index (χ0v) is 14.6. The smallest absolute Gasteiger partial charge is 0.246 e. The molecule has 1 aliphatic rings. The summed E-state index contributed by atoms with van der Waals surface area (Å²) in [6, 6.07) is 14.6. The topological polar surface area (TPSA) is 20.3 Å². The molecule has 2 heterocycles. The molecule has 4 heteroatoms. The first-order valence-electron chi connectivity index (χ1n) is 7.49. The number of piperidine rings is 1. The molecule has 0 bridgehead atoms. The van der Waals surface area contributed by atoms with Crippen molar-refractivity contribution in [2.45, 2.75) is 18.8 Å². The number of thiophene rings is 1. The largest absolute Gasteiger partial charge is 0.339 e. The minimum atomic E-state index is 0.121. The van der Waals surface area contributed by atoms with Crippen LogP contribution in [-0.4, -0.2) is 23.9 Å². The third kappa shape index (κ3) is 3.87. The lowest BCUT2D eigenvalue weighted by atomic mass is 9.89. The van der Waals surface area contributed by atoms with Gasteiger partial charge in [-0.25, -0.2) is 0 Å². The number of halogens is 1. The molecule has 2 nitrogen and oxygen atoms in total. The lowest BCUT2D eigenvalue weighted by Gasteiger charge is -2.31. The van der Waals surface area contributed by atoms with Gasteiger partial charge in [-0.05, 0) is 58.5 Å². The molecule has 0 aliphatic carbocycles. The maximum absolute atomic E-state index is 12.3. The lowest BCUT2D eigenvalue weighted by Crippen LogP contribution is -2.36. The van der Waals surface area contributed by atoms with Gasteiger partial charge >= 0.3 is 0 Å². The van der Waals surface area contributed by atoms with Crippen molar-refractivity contribution >= 4 is 39.2 Å². The van der Waals surface area contributed by atoms with Crippen LogP contribution >= 0.6 is 27.3 Å². The van der Waals surface area contributed by atoms with Crippen molar-refractivity contribution in [2.24, 2.45) is 0 Å². The minimum absolute atomic E-state index is 0.121. The Morgan fingerprint density at radius 1 is 1.14 bits per heavy atom. The molecule has 0 atom stereocenters. The molecule has 22 heavy (non-hydrogen) atoms. The van der Waals surface area contributed by atoms with E-state index < -0.39 is 0 Å². The van der Waals surface area contributed by atoms with Crippen LogP contribution in [-0.2, 0) is 4.79 Å². The molecular weight excluding hydrogens is 358 g/mol. The molecule has 0 radical (unpaired) electrons. The molecular formula is C18H18BrNOS. The van der Waals surface area contributed by atoms with E-state index in [1.54, 1.807) is 17.4 Å². The summed E-state index contributed by atoms with van der Waals surface area (Å²) in [6.45, 7) is 1.69. The highest BCUT2D eigenvalue weighted by molar-refractivity contribution is 9.11. The van der Waals surface area contributed by atoms with Crippen molar-refractivity contribution in [3.63, 3.8) is 0 Å². The van der Waals surface area contributed by atoms with Crippen LogP contribution in [0.2, 0.25) is 0 Å². The quantitative estimate of drug-likeness (QED) is 0.696. The number of carbonyl (C=O) groups excluding carboxylic acids is 1. The number of benzene rings is 1. The first-order chi connectivity index (χ1) is 10.7. The maximum atomic E-state index is 12.3. The zero-order valence-electron chi connectivity index (χ0n) is 12.2. The molecule has 1 aliphatic heterocycles. The Kier molecular flexibility index (Phi) is 5.11. The van der Waals surface area contributed by atoms with E-state index in [4.69, 9.17) is 0 Å². The van der Waals surface area contributed by atoms with Crippen molar-refractivity contribution in [2.75, 3.05) is 13.1 Å². The Hall–Kier alpha value is -1.39. The molecule has 0 unspecified atom stereocenters. The van der Waals surface area contributed by atoms with Crippen LogP contribution < -0.4 is 0 Å². The van der Waals surface area contributed by atoms with Gasteiger partial charge in [-0.3, -0.25) is 4.79 Å². The third-order valence-electron chi connectivity index (χ3n) is 4.06. The molecule has 1 aromatic carbocycles. The summed E-state index contributed by atoms with van der Waals surface area (Å²) in [7, 11) is 0. The van der Waals surface area contributed by atoms with Crippen LogP contribution in [0.3, 0.4) is 0 Å². The molecule has 1 fully saturated rings. The van der Waals surface area contributed by atoms with Gasteiger partial charge in [0.05, 0.1) is 3.79 Å². The zero-order chi connectivity index (χ0) is 15.4. The van der Waals surface area contributed by atoms with E-state index in [9.17, 15) is 4.79 Å². The van der Waals surface area contributed by atoms with Gasteiger partial charge in [0, 0.05) is 24.0 Å². The summed E-state index contributed by atoms with van der Waals surface area (Å²) < 4.78 is 1.09. The second-order valence-electron chi connectivity index (χ2n) is 5.49. The second kappa shape index (κ2) is 7.25. The number of rotatable bonds is 3. The summed E-state index contributed by atoms with van der Waals surface area (Å²) in [5.41, 5.74) is 1.40. The number of likely N-dealkylation sites (tertiary alicyclic amines) is 1. The fourth-order valence-corrected chi connectivity index (χ4v) is 4.16. The van der Waals surface area contributed by atoms with E-state index in [2.05, 4.69) is 46.3 Å². The van der Waals surface area contributed by atoms with Gasteiger partial charge in [0.15, 0.2) is 0 Å². The van der Waals surface area contributed by atoms with Crippen LogP contribution in [0.1, 0.15) is 29.2 Å². The molecule has 0 spiro atoms. The number of hydrogen-bond acceptors (Lipinski definition) is 2. The highest BCUT2D eigenvalue weighted by atomic mass is 79.9. The third-order valence-corrected chi connectivity index (χ3v) is 5.65. The van der Waals surface area contributed by atoms with Crippen molar-refractivity contribution in [3.8, 4) is 0 Å². The summed E-state index contributed by atoms with van der Waals surface area (Å²) in [6.07, 6.45) is 5.70. The number of carbonyl (C=O) groups is 1. The normalized spacial score (nSPS) is 16.3. The van der Waals surface area contributed by atoms with E-state index in [0.717, 1.165) is 34.6 Å². The second-order valence-corrected chi connectivity index (χ2v) is 7.98. The molecule has 3 rings (SSSR count). The highest BCUT2D eigenvalue weighted by Crippen LogP contribution is 2.28. The van der Waals surface area contributed by atoms with Crippen molar-refractivity contribution < 1.29 is 4.79 Å². The van der Waals surface area contributed by atoms with Gasteiger partial charge in [0.2, 0.25) is 5.91 Å². The van der Waals surface area contributed by atoms with Crippen LogP contribution in [0.15, 0.2) is 52.3 Å². The summed E-state index contributed by atoms with van der Waals surface area (Å²) in [5, 5.41) is 0. The van der Waals surface area contributed by atoms with E-state index in [1.165, 1.54) is 5.56 Å². The van der Waals surface area contributed by atoms with Crippen LogP contribution in [0.25, 0.3) is 6.08 Å². The number of nitrogens with zero attached hydrogens (tertiary/aromatic N) is 1. The summed E-state index contributed by atoms with van der Waals surface area (Å²) in [4.78, 5) is 15.3. The molecule has 0 N–H and O–H groups in total. The van der Waals surface area contributed by atoms with Crippen LogP contribution in [0.4, 0.5) is 0 Å². The molecule has 1 saturated heterocycles. The standard InChI is InChI=1S/C18H18BrNOS/c19-17-8-6-16(22-17)7-9-18(21)20-12-10-15(11-13-20)14-4-2-1-3-5-14/h1-9,15H,10-13H2/b9-7+. The number of hydrogen-bond donors (Lipinski definition) is 0. The van der Waals surface area contributed by atoms with Gasteiger partial charge in [-0.15, -0.1) is 11.3 Å². The molecule has 1 amide bonds. The van der Waals surface area contributed by atoms with Crippen molar-refractivity contribution in [1.29, 1.82) is 0 Å². The highest BCUT2D eigenvalue weighted by Gasteiger charge is 2.22. The average molecular weight is 376 g/mol. The molecule has 114 valence electrons. The molecule has 1 aromatic heterocycles. The van der Waals surface area contributed by atoms with E-state index in [1.807, 2.05) is 23.1 Å². The average Bonchev–Trinajstić information content (AvgIpc) is 2.99. The van der Waals surface area contributed by atoms with Crippen molar-refractivity contribution in [1.82, 2.24) is 4.90 Å². The van der Waals surface area contributed by atoms with Crippen LogP contribution in [0.5, 0.6) is 0 Å². The Morgan fingerprint density at radius 3 is 2.50 bits per heavy atom. The van der Waals surface area contributed by atoms with Crippen molar-refractivity contribution in [3.05, 3.63) is 62.8 Å². The Labute approximate surface area is 143 Å². The van der Waals surface area contributed by atoms with Gasteiger partial charge in [-0.2, -0.15) is 0 Å². The van der Waals surface area contributed by atoms with Gasteiger partial charge in [0.1, 0.15) is 0 Å².